The Labute approximate surface area is 216 Å². The van der Waals surface area contributed by atoms with Gasteiger partial charge in [0, 0.05) is 55.8 Å². The number of fused-ring (bicyclic) bond motifs is 1. The van der Waals surface area contributed by atoms with Crippen molar-refractivity contribution in [3.8, 4) is 11.1 Å². The van der Waals surface area contributed by atoms with Crippen LogP contribution >= 0.6 is 0 Å². The molecule has 0 spiro atoms. The Kier molecular flexibility index (Phi) is 6.57. The highest BCUT2D eigenvalue weighted by atomic mass is 32.2. The third-order valence-electron chi connectivity index (χ3n) is 6.71. The molecule has 0 bridgehead atoms. The first-order valence-corrected chi connectivity index (χ1v) is 13.5. The first-order chi connectivity index (χ1) is 17.8. The number of Topliss-reactive ketones (excluding diaryl/α,β-unsaturated/α-hetero) is 1. The second-order valence-corrected chi connectivity index (χ2v) is 11.2. The van der Waals surface area contributed by atoms with E-state index in [1.165, 1.54) is 33.1 Å². The summed E-state index contributed by atoms with van der Waals surface area (Å²) in [5, 5.41) is 6.76. The molecule has 1 aliphatic rings. The molecule has 2 N–H and O–H groups in total. The van der Waals surface area contributed by atoms with Crippen molar-refractivity contribution < 1.29 is 18.0 Å². The average molecular weight is 517 g/mol. The zero-order chi connectivity index (χ0) is 26.2. The molecule has 1 atom stereocenters. The average Bonchev–Trinajstić information content (AvgIpc) is 3.28. The fraction of sp³-hybridized carbons (Fsp3) is 0.214. The van der Waals surface area contributed by atoms with Crippen LogP contribution in [0.3, 0.4) is 0 Å². The standard InChI is InChI=1S/C28H28N4O4S/c1-31(2)28(34)30-26(21-16-29-17-21)27(33)20-12-14-22(15-13-20)37(35,36)32-18-24(19-8-4-3-5-9-19)23-10-6-7-11-25(23)32/h3-15,18,21,26,29H,16-17H2,1-2H3,(H,30,34). The van der Waals surface area contributed by atoms with Crippen molar-refractivity contribution in [3.05, 3.63) is 90.6 Å². The monoisotopic (exact) mass is 516 g/mol. The van der Waals surface area contributed by atoms with E-state index in [-0.39, 0.29) is 22.6 Å². The maximum absolute atomic E-state index is 13.7. The first kappa shape index (κ1) is 24.7. The highest BCUT2D eigenvalue weighted by Crippen LogP contribution is 2.33. The number of amides is 2. The largest absolute Gasteiger partial charge is 0.331 e. The molecule has 9 heteroatoms. The van der Waals surface area contributed by atoms with Crippen LogP contribution in [-0.4, -0.2) is 62.3 Å². The second-order valence-electron chi connectivity index (χ2n) is 9.36. The molecule has 0 saturated carbocycles. The van der Waals surface area contributed by atoms with Crippen LogP contribution < -0.4 is 10.6 Å². The molecule has 4 aromatic rings. The molecule has 0 aliphatic carbocycles. The Morgan fingerprint density at radius 1 is 0.946 bits per heavy atom. The van der Waals surface area contributed by atoms with Crippen molar-refractivity contribution in [1.82, 2.24) is 19.5 Å². The van der Waals surface area contributed by atoms with E-state index in [0.29, 0.717) is 24.2 Å². The number of hydrogen-bond donors (Lipinski definition) is 2. The van der Waals surface area contributed by atoms with Crippen molar-refractivity contribution in [3.63, 3.8) is 0 Å². The Bertz CT molecular complexity index is 1560. The minimum atomic E-state index is -3.94. The van der Waals surface area contributed by atoms with Crippen LogP contribution in [-0.2, 0) is 10.0 Å². The smallest absolute Gasteiger partial charge is 0.317 e. The highest BCUT2D eigenvalue weighted by molar-refractivity contribution is 7.90. The van der Waals surface area contributed by atoms with Gasteiger partial charge >= 0.3 is 6.03 Å². The molecule has 190 valence electrons. The van der Waals surface area contributed by atoms with Crippen LogP contribution in [0.1, 0.15) is 10.4 Å². The van der Waals surface area contributed by atoms with Crippen LogP contribution in [0.5, 0.6) is 0 Å². The van der Waals surface area contributed by atoms with Crippen LogP contribution in [0.2, 0.25) is 0 Å². The summed E-state index contributed by atoms with van der Waals surface area (Å²) in [6, 6.07) is 21.9. The SMILES string of the molecule is CN(C)C(=O)NC(C(=O)c1ccc(S(=O)(=O)n2cc(-c3ccccc3)c3ccccc32)cc1)C1CNC1. The Hall–Kier alpha value is -3.95. The number of nitrogens with zero attached hydrogens (tertiary/aromatic N) is 2. The fourth-order valence-electron chi connectivity index (χ4n) is 4.49. The maximum Gasteiger partial charge on any atom is 0.317 e. The van der Waals surface area contributed by atoms with Gasteiger partial charge in [0.05, 0.1) is 16.5 Å². The predicted octanol–water partition coefficient (Wildman–Crippen LogP) is 3.59. The van der Waals surface area contributed by atoms with Crippen LogP contribution in [0, 0.1) is 5.92 Å². The number of aromatic nitrogens is 1. The van der Waals surface area contributed by atoms with Crippen LogP contribution in [0.4, 0.5) is 4.79 Å². The van der Waals surface area contributed by atoms with Gasteiger partial charge in [0.2, 0.25) is 0 Å². The third-order valence-corrected chi connectivity index (χ3v) is 8.40. The molecule has 1 aromatic heterocycles. The fourth-order valence-corrected chi connectivity index (χ4v) is 5.86. The summed E-state index contributed by atoms with van der Waals surface area (Å²) in [5.74, 6) is -0.272. The number of urea groups is 1. The molecule has 1 saturated heterocycles. The van der Waals surface area contributed by atoms with Gasteiger partial charge in [-0.3, -0.25) is 4.79 Å². The molecule has 1 aliphatic heterocycles. The van der Waals surface area contributed by atoms with Crippen molar-refractivity contribution in [2.24, 2.45) is 5.92 Å². The molecular weight excluding hydrogens is 488 g/mol. The van der Waals surface area contributed by atoms with Gasteiger partial charge < -0.3 is 15.5 Å². The van der Waals surface area contributed by atoms with E-state index in [4.69, 9.17) is 0 Å². The maximum atomic E-state index is 13.7. The molecule has 8 nitrogen and oxygen atoms in total. The van der Waals surface area contributed by atoms with Gasteiger partial charge in [-0.25, -0.2) is 17.2 Å². The predicted molar refractivity (Wildman–Crippen MR) is 143 cm³/mol. The van der Waals surface area contributed by atoms with Crippen molar-refractivity contribution in [2.45, 2.75) is 10.9 Å². The Morgan fingerprint density at radius 3 is 2.22 bits per heavy atom. The minimum Gasteiger partial charge on any atom is -0.331 e. The van der Waals surface area contributed by atoms with Gasteiger partial charge in [-0.2, -0.15) is 0 Å². The van der Waals surface area contributed by atoms with Crippen molar-refractivity contribution >= 4 is 32.7 Å². The van der Waals surface area contributed by atoms with Crippen LogP contribution in [0.25, 0.3) is 22.0 Å². The number of para-hydroxylation sites is 1. The first-order valence-electron chi connectivity index (χ1n) is 12.0. The number of benzene rings is 3. The number of carbonyl (C=O) groups is 2. The summed E-state index contributed by atoms with van der Waals surface area (Å²) >= 11 is 0. The third kappa shape index (κ3) is 4.63. The molecule has 0 radical (unpaired) electrons. The van der Waals surface area contributed by atoms with Gasteiger partial charge in [-0.05, 0) is 35.9 Å². The van der Waals surface area contributed by atoms with Crippen molar-refractivity contribution in [1.29, 1.82) is 0 Å². The highest BCUT2D eigenvalue weighted by Gasteiger charge is 2.35. The van der Waals surface area contributed by atoms with E-state index < -0.39 is 16.1 Å². The molecule has 1 fully saturated rings. The number of nitrogens with one attached hydrogen (secondary N) is 2. The number of ketones is 1. The molecule has 3 aromatic carbocycles. The van der Waals surface area contributed by atoms with Gasteiger partial charge in [0.15, 0.2) is 5.78 Å². The summed E-state index contributed by atoms with van der Waals surface area (Å²) < 4.78 is 28.7. The Balaban J connectivity index is 1.48. The number of carbonyl (C=O) groups excluding carboxylic acids is 2. The lowest BCUT2D eigenvalue weighted by atomic mass is 9.88. The summed E-state index contributed by atoms with van der Waals surface area (Å²) in [5.41, 5.74) is 2.66. The van der Waals surface area contributed by atoms with E-state index in [1.54, 1.807) is 26.4 Å². The summed E-state index contributed by atoms with van der Waals surface area (Å²) in [6.45, 7) is 1.25. The molecule has 37 heavy (non-hydrogen) atoms. The quantitative estimate of drug-likeness (QED) is 0.366. The summed E-state index contributed by atoms with van der Waals surface area (Å²) in [4.78, 5) is 27.0. The van der Waals surface area contributed by atoms with E-state index in [9.17, 15) is 18.0 Å². The van der Waals surface area contributed by atoms with Gasteiger partial charge in [0.1, 0.15) is 0 Å². The van der Waals surface area contributed by atoms with Crippen molar-refractivity contribution in [2.75, 3.05) is 27.2 Å². The lowest BCUT2D eigenvalue weighted by molar-refractivity contribution is 0.0878. The zero-order valence-corrected chi connectivity index (χ0v) is 21.4. The zero-order valence-electron chi connectivity index (χ0n) is 20.6. The Morgan fingerprint density at radius 2 is 1.59 bits per heavy atom. The van der Waals surface area contributed by atoms with E-state index >= 15 is 0 Å². The number of hydrogen-bond acceptors (Lipinski definition) is 5. The molecule has 2 heterocycles. The molecule has 1 unspecified atom stereocenters. The molecular formula is C28H28N4O4S. The topological polar surface area (TPSA) is 101 Å². The van der Waals surface area contributed by atoms with E-state index in [1.807, 2.05) is 48.5 Å². The minimum absolute atomic E-state index is 0.0255. The van der Waals surface area contributed by atoms with E-state index in [0.717, 1.165) is 16.5 Å². The summed E-state index contributed by atoms with van der Waals surface area (Å²) in [7, 11) is -0.707. The normalized spacial score (nSPS) is 14.6. The van der Waals surface area contributed by atoms with Gasteiger partial charge in [-0.15, -0.1) is 0 Å². The second kappa shape index (κ2) is 9.84. The molecule has 5 rings (SSSR count). The molecule has 2 amide bonds. The number of rotatable bonds is 7. The lowest BCUT2D eigenvalue weighted by Crippen LogP contribution is -2.59. The van der Waals surface area contributed by atoms with Gasteiger partial charge in [0.25, 0.3) is 10.0 Å². The van der Waals surface area contributed by atoms with Crippen LogP contribution in [0.15, 0.2) is 90.0 Å². The van der Waals surface area contributed by atoms with E-state index in [2.05, 4.69) is 10.6 Å². The lowest BCUT2D eigenvalue weighted by Gasteiger charge is -2.34. The van der Waals surface area contributed by atoms with Gasteiger partial charge in [-0.1, -0.05) is 48.5 Å². The summed E-state index contributed by atoms with van der Waals surface area (Å²) in [6.07, 6.45) is 1.64.